The lowest BCUT2D eigenvalue weighted by molar-refractivity contribution is 0.185. The molecule has 0 bridgehead atoms. The normalized spacial score (nSPS) is 10.7. The summed E-state index contributed by atoms with van der Waals surface area (Å²) in [6.07, 6.45) is 1.90. The van der Waals surface area contributed by atoms with E-state index in [1.807, 2.05) is 30.1 Å². The second kappa shape index (κ2) is 6.21. The Balaban J connectivity index is 2.15. The first kappa shape index (κ1) is 14.1. The van der Waals surface area contributed by atoms with Gasteiger partial charge in [0.15, 0.2) is 0 Å². The molecule has 0 radical (unpaired) electrons. The molecule has 2 aromatic rings. The van der Waals surface area contributed by atoms with Gasteiger partial charge in [-0.15, -0.1) is 0 Å². The fraction of sp³-hybridized carbons (Fsp3) is 0.357. The van der Waals surface area contributed by atoms with E-state index in [4.69, 9.17) is 4.74 Å². The Morgan fingerprint density at radius 1 is 1.42 bits per heavy atom. The third kappa shape index (κ3) is 3.16. The fourth-order valence-corrected chi connectivity index (χ4v) is 2.40. The standard InChI is InChI=1S/C14H18BrN3O/c1-10-11(8-17-18(10)2)7-16-14-6-4-5-13(15)12(14)9-19-3/h4-6,8,16H,7,9H2,1-3H3. The second-order valence-corrected chi connectivity index (χ2v) is 5.29. The number of nitrogens with one attached hydrogen (secondary N) is 1. The number of hydrogen-bond acceptors (Lipinski definition) is 3. The summed E-state index contributed by atoms with van der Waals surface area (Å²) in [7, 11) is 3.66. The molecule has 0 aliphatic carbocycles. The maximum atomic E-state index is 5.24. The van der Waals surface area contributed by atoms with Crippen LogP contribution < -0.4 is 5.32 Å². The Bertz CT molecular complexity index is 566. The average Bonchev–Trinajstić information content (AvgIpc) is 2.71. The predicted octanol–water partition coefficient (Wildman–Crippen LogP) is 3.25. The summed E-state index contributed by atoms with van der Waals surface area (Å²) in [5, 5.41) is 7.69. The van der Waals surface area contributed by atoms with Crippen molar-refractivity contribution in [2.45, 2.75) is 20.1 Å². The molecule has 0 aliphatic heterocycles. The highest BCUT2D eigenvalue weighted by Gasteiger charge is 2.08. The van der Waals surface area contributed by atoms with Crippen molar-refractivity contribution in [1.29, 1.82) is 0 Å². The molecule has 0 unspecified atom stereocenters. The van der Waals surface area contributed by atoms with Crippen molar-refractivity contribution in [2.24, 2.45) is 7.05 Å². The minimum absolute atomic E-state index is 0.579. The zero-order valence-electron chi connectivity index (χ0n) is 11.4. The number of ether oxygens (including phenoxy) is 1. The van der Waals surface area contributed by atoms with Crippen LogP contribution >= 0.6 is 15.9 Å². The Morgan fingerprint density at radius 3 is 2.84 bits per heavy atom. The van der Waals surface area contributed by atoms with Gasteiger partial charge >= 0.3 is 0 Å². The number of anilines is 1. The van der Waals surface area contributed by atoms with Crippen LogP contribution in [0.2, 0.25) is 0 Å². The summed E-state index contributed by atoms with van der Waals surface area (Å²) in [6.45, 7) is 3.41. The molecule has 102 valence electrons. The Kier molecular flexibility index (Phi) is 4.61. The number of methoxy groups -OCH3 is 1. The molecule has 1 aromatic carbocycles. The number of hydrogen-bond donors (Lipinski definition) is 1. The van der Waals surface area contributed by atoms with Crippen LogP contribution in [0.25, 0.3) is 0 Å². The third-order valence-electron chi connectivity index (χ3n) is 3.21. The molecule has 0 saturated carbocycles. The van der Waals surface area contributed by atoms with Crippen LogP contribution in [0.1, 0.15) is 16.8 Å². The number of aromatic nitrogens is 2. The molecular formula is C14H18BrN3O. The zero-order valence-corrected chi connectivity index (χ0v) is 13.0. The van der Waals surface area contributed by atoms with E-state index in [1.54, 1.807) is 7.11 Å². The highest BCUT2D eigenvalue weighted by molar-refractivity contribution is 9.10. The van der Waals surface area contributed by atoms with E-state index in [1.165, 1.54) is 11.3 Å². The van der Waals surface area contributed by atoms with Gasteiger partial charge in [-0.25, -0.2) is 0 Å². The molecule has 2 rings (SSSR count). The molecule has 1 aromatic heterocycles. The quantitative estimate of drug-likeness (QED) is 0.918. The maximum Gasteiger partial charge on any atom is 0.0744 e. The SMILES string of the molecule is COCc1c(Br)cccc1NCc1cnn(C)c1C. The number of aryl methyl sites for hydroxylation is 1. The van der Waals surface area contributed by atoms with Gasteiger partial charge in [0, 0.05) is 47.7 Å². The molecule has 1 N–H and O–H groups in total. The van der Waals surface area contributed by atoms with Gasteiger partial charge in [0.05, 0.1) is 12.8 Å². The van der Waals surface area contributed by atoms with Crippen LogP contribution in [0.15, 0.2) is 28.9 Å². The minimum atomic E-state index is 0.579. The minimum Gasteiger partial charge on any atom is -0.381 e. The first-order chi connectivity index (χ1) is 9.13. The Morgan fingerprint density at radius 2 is 2.21 bits per heavy atom. The van der Waals surface area contributed by atoms with Crippen molar-refractivity contribution in [3.63, 3.8) is 0 Å². The molecule has 0 atom stereocenters. The van der Waals surface area contributed by atoms with Crippen molar-refractivity contribution in [3.05, 3.63) is 45.7 Å². The molecule has 19 heavy (non-hydrogen) atoms. The summed E-state index contributed by atoms with van der Waals surface area (Å²) < 4.78 is 8.18. The van der Waals surface area contributed by atoms with Crippen molar-refractivity contribution >= 4 is 21.6 Å². The van der Waals surface area contributed by atoms with Crippen LogP contribution in [0.5, 0.6) is 0 Å². The lowest BCUT2D eigenvalue weighted by Crippen LogP contribution is -2.05. The van der Waals surface area contributed by atoms with Gasteiger partial charge < -0.3 is 10.1 Å². The molecule has 0 saturated heterocycles. The molecule has 0 fully saturated rings. The van der Waals surface area contributed by atoms with Crippen LogP contribution in [0.3, 0.4) is 0 Å². The van der Waals surface area contributed by atoms with Crippen LogP contribution in [-0.4, -0.2) is 16.9 Å². The van der Waals surface area contributed by atoms with Gasteiger partial charge in [0.25, 0.3) is 0 Å². The molecule has 0 amide bonds. The van der Waals surface area contributed by atoms with Crippen molar-refractivity contribution in [1.82, 2.24) is 9.78 Å². The van der Waals surface area contributed by atoms with Gasteiger partial charge in [0.1, 0.15) is 0 Å². The molecule has 5 heteroatoms. The largest absolute Gasteiger partial charge is 0.381 e. The molecule has 0 spiro atoms. The lowest BCUT2D eigenvalue weighted by Gasteiger charge is -2.13. The fourth-order valence-electron chi connectivity index (χ4n) is 1.92. The molecule has 4 nitrogen and oxygen atoms in total. The van der Waals surface area contributed by atoms with Crippen molar-refractivity contribution in [3.8, 4) is 0 Å². The van der Waals surface area contributed by atoms with Gasteiger partial charge in [-0.3, -0.25) is 4.68 Å². The summed E-state index contributed by atoms with van der Waals surface area (Å²) >= 11 is 3.56. The van der Waals surface area contributed by atoms with E-state index in [2.05, 4.69) is 39.3 Å². The highest BCUT2D eigenvalue weighted by Crippen LogP contribution is 2.26. The van der Waals surface area contributed by atoms with Crippen LogP contribution in [0, 0.1) is 6.92 Å². The number of halogens is 1. The Hall–Kier alpha value is -1.33. The lowest BCUT2D eigenvalue weighted by atomic mass is 10.1. The van der Waals surface area contributed by atoms with Gasteiger partial charge in [-0.05, 0) is 19.1 Å². The molecular weight excluding hydrogens is 306 g/mol. The maximum absolute atomic E-state index is 5.24. The number of benzene rings is 1. The first-order valence-corrected chi connectivity index (χ1v) is 6.90. The highest BCUT2D eigenvalue weighted by atomic mass is 79.9. The number of rotatable bonds is 5. The summed E-state index contributed by atoms with van der Waals surface area (Å²) in [4.78, 5) is 0. The van der Waals surface area contributed by atoms with Crippen LogP contribution in [-0.2, 0) is 24.9 Å². The van der Waals surface area contributed by atoms with Crippen molar-refractivity contribution in [2.75, 3.05) is 12.4 Å². The predicted molar refractivity (Wildman–Crippen MR) is 80.1 cm³/mol. The molecule has 0 aliphatic rings. The van der Waals surface area contributed by atoms with Crippen molar-refractivity contribution < 1.29 is 4.74 Å². The smallest absolute Gasteiger partial charge is 0.0744 e. The first-order valence-electron chi connectivity index (χ1n) is 6.11. The summed E-state index contributed by atoms with van der Waals surface area (Å²) in [5.41, 5.74) is 4.59. The second-order valence-electron chi connectivity index (χ2n) is 4.43. The monoisotopic (exact) mass is 323 g/mol. The third-order valence-corrected chi connectivity index (χ3v) is 3.96. The zero-order chi connectivity index (χ0) is 13.8. The van der Waals surface area contributed by atoms with E-state index in [0.29, 0.717) is 6.61 Å². The topological polar surface area (TPSA) is 39.1 Å². The van der Waals surface area contributed by atoms with Gasteiger partial charge in [0.2, 0.25) is 0 Å². The van der Waals surface area contributed by atoms with E-state index in [0.717, 1.165) is 22.3 Å². The van der Waals surface area contributed by atoms with E-state index < -0.39 is 0 Å². The van der Waals surface area contributed by atoms with Crippen LogP contribution in [0.4, 0.5) is 5.69 Å². The summed E-state index contributed by atoms with van der Waals surface area (Å²) in [6, 6.07) is 6.10. The van der Waals surface area contributed by atoms with E-state index in [9.17, 15) is 0 Å². The summed E-state index contributed by atoms with van der Waals surface area (Å²) in [5.74, 6) is 0. The number of nitrogens with zero attached hydrogens (tertiary/aromatic N) is 2. The van der Waals surface area contributed by atoms with E-state index >= 15 is 0 Å². The Labute approximate surface area is 121 Å². The molecule has 1 heterocycles. The van der Waals surface area contributed by atoms with E-state index in [-0.39, 0.29) is 0 Å². The van der Waals surface area contributed by atoms with Gasteiger partial charge in [-0.2, -0.15) is 5.10 Å². The van der Waals surface area contributed by atoms with Gasteiger partial charge in [-0.1, -0.05) is 22.0 Å². The average molecular weight is 324 g/mol.